The van der Waals surface area contributed by atoms with Crippen molar-refractivity contribution in [3.05, 3.63) is 0 Å². The second-order valence-corrected chi connectivity index (χ2v) is 13.7. The highest BCUT2D eigenvalue weighted by atomic mass is 31.2. The Morgan fingerprint density at radius 1 is 1.11 bits per heavy atom. The molecule has 3 fully saturated rings. The van der Waals surface area contributed by atoms with Gasteiger partial charge in [0.1, 0.15) is 65.5 Å². The van der Waals surface area contributed by atoms with Gasteiger partial charge in [-0.15, -0.1) is 0 Å². The lowest BCUT2D eigenvalue weighted by atomic mass is 9.93. The summed E-state index contributed by atoms with van der Waals surface area (Å²) in [5, 5.41) is 20.0. The number of aliphatic hydroxyl groups excluding tert-OH is 2. The first kappa shape index (κ1) is 31.6. The third-order valence-corrected chi connectivity index (χ3v) is 9.82. The van der Waals surface area contributed by atoms with E-state index in [1.54, 1.807) is 27.7 Å². The van der Waals surface area contributed by atoms with Crippen LogP contribution < -0.4 is 11.1 Å². The molecule has 0 aromatic carbocycles. The van der Waals surface area contributed by atoms with Crippen molar-refractivity contribution in [3.63, 3.8) is 0 Å². The van der Waals surface area contributed by atoms with Crippen LogP contribution in [0, 0.1) is 0 Å². The molecular formula is C18H38B2N2O13P2. The van der Waals surface area contributed by atoms with E-state index >= 15 is 0 Å². The summed E-state index contributed by atoms with van der Waals surface area (Å²) in [5.41, 5.74) is 5.11. The first-order valence-corrected chi connectivity index (χ1v) is 15.8. The first-order valence-electron chi connectivity index (χ1n) is 12.1. The SMILES string of the molecule is B[C@@H]1O[C@H](COP(=CC)(OCCO)C2CNONOC3C(O2)[C@@H](COC)O[C@H]3B)C(OP(C)(=O)O)C1O. The van der Waals surface area contributed by atoms with Crippen molar-refractivity contribution in [2.24, 2.45) is 0 Å². The standard InChI is InChI=1S/C18H38B2N2O13P2/c1-4-37(28-6-5-23,29-9-11-14(34-36(3,25)26)13(24)17(19)30-11)12-7-21-35-22-33-16-15(32-12)10(8-27-2)31-18(16)20/h4,10-18,21-24H,5-9,19-20H2,1-3H3,(H,25,26)/t10-,11-,12?,13?,14?,15?,16?,17-,18-,37?/m1/s1. The van der Waals surface area contributed by atoms with Gasteiger partial charge in [0.15, 0.2) is 0 Å². The van der Waals surface area contributed by atoms with E-state index in [-0.39, 0.29) is 39.0 Å². The molecule has 3 rings (SSSR count). The average molecular weight is 574 g/mol. The number of aliphatic hydroxyl groups is 2. The maximum absolute atomic E-state index is 11.9. The molecule has 0 saturated carbocycles. The quantitative estimate of drug-likeness (QED) is 0.122. The lowest BCUT2D eigenvalue weighted by Gasteiger charge is -2.36. The molecule has 3 saturated heterocycles. The number of hydroxylamine groups is 1. The molecule has 3 aliphatic heterocycles. The summed E-state index contributed by atoms with van der Waals surface area (Å²) in [4.78, 5) is 20.5. The summed E-state index contributed by atoms with van der Waals surface area (Å²) >= 11 is 0. The third kappa shape index (κ3) is 8.07. The molecular weight excluding hydrogens is 536 g/mol. The van der Waals surface area contributed by atoms with Gasteiger partial charge in [-0.2, -0.15) is 10.4 Å². The Morgan fingerprint density at radius 2 is 1.84 bits per heavy atom. The van der Waals surface area contributed by atoms with Gasteiger partial charge >= 0.3 is 7.60 Å². The Hall–Kier alpha value is 0.0999. The molecule has 5 N–H and O–H groups in total. The predicted octanol–water partition coefficient (Wildman–Crippen LogP) is -3.34. The molecule has 19 heteroatoms. The molecule has 3 aliphatic rings. The number of rotatable bonds is 11. The lowest BCUT2D eigenvalue weighted by Crippen LogP contribution is -2.43. The largest absolute Gasteiger partial charge is 0.394 e. The zero-order valence-electron chi connectivity index (χ0n) is 21.6. The maximum atomic E-state index is 11.9. The lowest BCUT2D eigenvalue weighted by molar-refractivity contribution is -0.234. The van der Waals surface area contributed by atoms with E-state index in [0.717, 1.165) is 6.66 Å². The minimum absolute atomic E-state index is 0.0542. The highest BCUT2D eigenvalue weighted by molar-refractivity contribution is 7.66. The van der Waals surface area contributed by atoms with Crippen molar-refractivity contribution in [1.29, 1.82) is 0 Å². The number of fused-ring (bicyclic) bond motifs is 1. The van der Waals surface area contributed by atoms with Gasteiger partial charge in [-0.05, 0) is 12.7 Å². The Kier molecular flexibility index (Phi) is 12.1. The molecule has 3 heterocycles. The normalized spacial score (nSPS) is 40.1. The maximum Gasteiger partial charge on any atom is 0.325 e. The van der Waals surface area contributed by atoms with Crippen LogP contribution in [0.15, 0.2) is 0 Å². The van der Waals surface area contributed by atoms with Crippen LogP contribution in [0.4, 0.5) is 0 Å². The summed E-state index contributed by atoms with van der Waals surface area (Å²) < 4.78 is 53.2. The average Bonchev–Trinajstić information content (AvgIpc) is 3.31. The van der Waals surface area contributed by atoms with Gasteiger partial charge in [0.05, 0.1) is 45.0 Å². The van der Waals surface area contributed by atoms with E-state index in [1.807, 2.05) is 7.85 Å². The molecule has 0 radical (unpaired) electrons. The number of hydrogen-bond acceptors (Lipinski definition) is 14. The summed E-state index contributed by atoms with van der Waals surface area (Å²) in [6, 6.07) is -1.01. The van der Waals surface area contributed by atoms with Crippen molar-refractivity contribution >= 4 is 36.4 Å². The second kappa shape index (κ2) is 14.1. The van der Waals surface area contributed by atoms with E-state index in [4.69, 9.17) is 42.3 Å². The second-order valence-electron chi connectivity index (χ2n) is 9.01. The van der Waals surface area contributed by atoms with Crippen LogP contribution in [0.3, 0.4) is 0 Å². The molecule has 11 atom stereocenters. The van der Waals surface area contributed by atoms with Crippen molar-refractivity contribution in [2.75, 3.05) is 46.7 Å². The number of hydrogen-bond donors (Lipinski definition) is 5. The molecule has 0 spiro atoms. The van der Waals surface area contributed by atoms with E-state index in [2.05, 4.69) is 11.1 Å². The van der Waals surface area contributed by atoms with Crippen LogP contribution in [-0.4, -0.2) is 138 Å². The van der Waals surface area contributed by atoms with Gasteiger partial charge in [0.25, 0.3) is 0 Å². The molecule has 0 bridgehead atoms. The molecule has 0 aliphatic carbocycles. The van der Waals surface area contributed by atoms with Crippen LogP contribution >= 0.6 is 14.9 Å². The topological polar surface area (TPSA) is 185 Å². The molecule has 214 valence electrons. The van der Waals surface area contributed by atoms with Gasteiger partial charge in [-0.25, -0.2) is 0 Å². The van der Waals surface area contributed by atoms with Crippen molar-refractivity contribution in [2.45, 2.75) is 61.4 Å². The van der Waals surface area contributed by atoms with Crippen molar-refractivity contribution in [3.8, 4) is 0 Å². The fraction of sp³-hybridized carbons (Fsp3) is 0.944. The van der Waals surface area contributed by atoms with E-state index in [0.29, 0.717) is 0 Å². The molecule has 0 aromatic heterocycles. The fourth-order valence-electron chi connectivity index (χ4n) is 4.50. The van der Waals surface area contributed by atoms with Crippen molar-refractivity contribution < 1.29 is 62.0 Å². The Balaban J connectivity index is 1.86. The van der Waals surface area contributed by atoms with Gasteiger partial charge in [-0.3, -0.25) is 13.9 Å². The summed E-state index contributed by atoms with van der Waals surface area (Å²) in [6.07, 6.45) is -4.74. The summed E-state index contributed by atoms with van der Waals surface area (Å²) in [6.45, 7) is 2.62. The van der Waals surface area contributed by atoms with Crippen LogP contribution in [0.1, 0.15) is 6.92 Å². The van der Waals surface area contributed by atoms with Gasteiger partial charge in [-0.1, -0.05) is 5.64 Å². The minimum atomic E-state index is -3.94. The van der Waals surface area contributed by atoms with Gasteiger partial charge in [0.2, 0.25) is 0 Å². The van der Waals surface area contributed by atoms with Crippen LogP contribution in [0.5, 0.6) is 0 Å². The Labute approximate surface area is 218 Å². The third-order valence-electron chi connectivity index (χ3n) is 6.22. The smallest absolute Gasteiger partial charge is 0.325 e. The van der Waals surface area contributed by atoms with Crippen LogP contribution in [-0.2, 0) is 46.9 Å². The fourth-order valence-corrected chi connectivity index (χ4v) is 7.64. The van der Waals surface area contributed by atoms with E-state index < -0.39 is 63.4 Å². The molecule has 0 amide bonds. The first-order chi connectivity index (χ1) is 17.5. The molecule has 15 nitrogen and oxygen atoms in total. The predicted molar refractivity (Wildman–Crippen MR) is 136 cm³/mol. The van der Waals surface area contributed by atoms with Crippen molar-refractivity contribution in [1.82, 2.24) is 11.1 Å². The molecule has 0 aromatic rings. The number of methoxy groups -OCH3 is 1. The highest BCUT2D eigenvalue weighted by Crippen LogP contribution is 2.56. The van der Waals surface area contributed by atoms with E-state index in [1.165, 1.54) is 0 Å². The van der Waals surface area contributed by atoms with E-state index in [9.17, 15) is 19.7 Å². The minimum Gasteiger partial charge on any atom is -0.394 e. The zero-order valence-corrected chi connectivity index (χ0v) is 23.4. The Bertz CT molecular complexity index is 826. The Morgan fingerprint density at radius 3 is 2.49 bits per heavy atom. The van der Waals surface area contributed by atoms with Crippen LogP contribution in [0.2, 0.25) is 0 Å². The van der Waals surface area contributed by atoms with Crippen LogP contribution in [0.25, 0.3) is 0 Å². The molecule has 37 heavy (non-hydrogen) atoms. The van der Waals surface area contributed by atoms with Gasteiger partial charge < -0.3 is 43.1 Å². The summed E-state index contributed by atoms with van der Waals surface area (Å²) in [5.74, 6) is 0.953. The number of nitrogens with one attached hydrogen (secondary N) is 2. The van der Waals surface area contributed by atoms with Gasteiger partial charge in [0, 0.05) is 13.8 Å². The summed E-state index contributed by atoms with van der Waals surface area (Å²) in [7, 11) is -2.01. The monoisotopic (exact) mass is 574 g/mol. The number of ether oxygens (including phenoxy) is 4. The zero-order chi connectivity index (χ0) is 27.2. The molecule has 7 unspecified atom stereocenters. The highest BCUT2D eigenvalue weighted by Gasteiger charge is 2.49.